The first kappa shape index (κ1) is 19.9. The number of nitrogens with one attached hydrogen (secondary N) is 1. The van der Waals surface area contributed by atoms with Gasteiger partial charge in [-0.2, -0.15) is 0 Å². The minimum absolute atomic E-state index is 0.143. The molecule has 3 aromatic rings. The molecule has 4 rings (SSSR count). The van der Waals surface area contributed by atoms with Gasteiger partial charge >= 0.3 is 0 Å². The predicted octanol–water partition coefficient (Wildman–Crippen LogP) is 3.43. The Labute approximate surface area is 174 Å². The van der Waals surface area contributed by atoms with Crippen molar-refractivity contribution >= 4 is 27.1 Å². The van der Waals surface area contributed by atoms with Crippen molar-refractivity contribution < 1.29 is 13.3 Å². The summed E-state index contributed by atoms with van der Waals surface area (Å²) in [6, 6.07) is 12.8. The Balaban J connectivity index is 1.56. The molecule has 30 heavy (non-hydrogen) atoms. The van der Waals surface area contributed by atoms with E-state index in [0.29, 0.717) is 30.5 Å². The van der Waals surface area contributed by atoms with Crippen LogP contribution in [0.15, 0.2) is 72.1 Å². The van der Waals surface area contributed by atoms with Crippen LogP contribution in [0.25, 0.3) is 0 Å². The number of nitro groups is 1. The third kappa shape index (κ3) is 4.13. The van der Waals surface area contributed by atoms with E-state index in [2.05, 4.69) is 14.3 Å². The second kappa shape index (κ2) is 8.15. The number of rotatable bonds is 6. The Morgan fingerprint density at radius 2 is 1.83 bits per heavy atom. The largest absolute Gasteiger partial charge is 0.366 e. The highest BCUT2D eigenvalue weighted by molar-refractivity contribution is 7.92. The van der Waals surface area contributed by atoms with Crippen LogP contribution in [-0.2, 0) is 10.0 Å². The molecule has 0 unspecified atom stereocenters. The van der Waals surface area contributed by atoms with Crippen molar-refractivity contribution in [2.75, 3.05) is 22.7 Å². The summed E-state index contributed by atoms with van der Waals surface area (Å²) in [5, 5.41) is 11.7. The van der Waals surface area contributed by atoms with Crippen LogP contribution < -0.4 is 9.62 Å². The highest BCUT2D eigenvalue weighted by atomic mass is 32.2. The number of benzene rings is 2. The first-order valence-corrected chi connectivity index (χ1v) is 11.0. The number of sulfonamides is 1. The molecule has 0 amide bonds. The summed E-state index contributed by atoms with van der Waals surface area (Å²) in [6.45, 7) is 1.27. The van der Waals surface area contributed by atoms with Crippen molar-refractivity contribution in [2.45, 2.75) is 23.8 Å². The maximum absolute atomic E-state index is 12.7. The van der Waals surface area contributed by atoms with Gasteiger partial charge in [-0.25, -0.2) is 13.4 Å². The van der Waals surface area contributed by atoms with Crippen LogP contribution in [-0.4, -0.2) is 36.0 Å². The van der Waals surface area contributed by atoms with Crippen molar-refractivity contribution in [1.82, 2.24) is 9.55 Å². The maximum atomic E-state index is 12.7. The van der Waals surface area contributed by atoms with Crippen LogP contribution in [0.5, 0.6) is 0 Å². The fourth-order valence-corrected chi connectivity index (χ4v) is 4.77. The summed E-state index contributed by atoms with van der Waals surface area (Å²) >= 11 is 0. The van der Waals surface area contributed by atoms with E-state index in [4.69, 9.17) is 0 Å². The van der Waals surface area contributed by atoms with Gasteiger partial charge in [0.05, 0.1) is 16.1 Å². The van der Waals surface area contributed by atoms with E-state index >= 15 is 0 Å². The van der Waals surface area contributed by atoms with Crippen molar-refractivity contribution in [3.05, 3.63) is 77.4 Å². The Hall–Kier alpha value is -3.40. The van der Waals surface area contributed by atoms with Gasteiger partial charge in [0.25, 0.3) is 15.7 Å². The number of anilines is 2. The molecule has 1 saturated heterocycles. The van der Waals surface area contributed by atoms with Crippen LogP contribution in [0.2, 0.25) is 0 Å². The van der Waals surface area contributed by atoms with Gasteiger partial charge in [-0.3, -0.25) is 14.8 Å². The number of imidazole rings is 1. The molecule has 0 saturated carbocycles. The SMILES string of the molecule is O=[N+]([O-])c1cc(S(=O)(=O)Nc2ccccc2)ccc1N1CCC(n2ccnc2)CC1. The molecule has 1 aliphatic heterocycles. The van der Waals surface area contributed by atoms with Crippen molar-refractivity contribution in [3.63, 3.8) is 0 Å². The number of hydrogen-bond acceptors (Lipinski definition) is 6. The normalized spacial score (nSPS) is 15.1. The number of hydrogen-bond donors (Lipinski definition) is 1. The van der Waals surface area contributed by atoms with E-state index in [-0.39, 0.29) is 10.6 Å². The van der Waals surface area contributed by atoms with E-state index in [1.54, 1.807) is 42.9 Å². The standard InChI is InChI=1S/C20H21N5O4S/c26-25(27)20-14-18(30(28,29)22-16-4-2-1-3-5-16)6-7-19(20)23-11-8-17(9-12-23)24-13-10-21-15-24/h1-7,10,13-15,17,22H,8-9,11-12H2. The van der Waals surface area contributed by atoms with E-state index in [1.165, 1.54) is 12.1 Å². The van der Waals surface area contributed by atoms with Gasteiger partial charge < -0.3 is 9.47 Å². The van der Waals surface area contributed by atoms with Crippen LogP contribution in [0, 0.1) is 10.1 Å². The van der Waals surface area contributed by atoms with Gasteiger partial charge in [0.2, 0.25) is 0 Å². The first-order chi connectivity index (χ1) is 14.4. The average Bonchev–Trinajstić information content (AvgIpc) is 3.29. The Kier molecular flexibility index (Phi) is 5.40. The van der Waals surface area contributed by atoms with Crippen LogP contribution >= 0.6 is 0 Å². The molecule has 1 aromatic heterocycles. The topological polar surface area (TPSA) is 110 Å². The molecule has 1 fully saturated rings. The molecular weight excluding hydrogens is 406 g/mol. The molecule has 0 bridgehead atoms. The molecule has 2 aromatic carbocycles. The van der Waals surface area contributed by atoms with Crippen molar-refractivity contribution in [1.29, 1.82) is 0 Å². The summed E-state index contributed by atoms with van der Waals surface area (Å²) in [4.78, 5) is 17.0. The number of nitro benzene ring substituents is 1. The molecule has 9 nitrogen and oxygen atoms in total. The van der Waals surface area contributed by atoms with E-state index in [1.807, 2.05) is 11.1 Å². The second-order valence-corrected chi connectivity index (χ2v) is 8.79. The quantitative estimate of drug-likeness (QED) is 0.477. The van der Waals surface area contributed by atoms with Crippen LogP contribution in [0.1, 0.15) is 18.9 Å². The lowest BCUT2D eigenvalue weighted by Gasteiger charge is -2.33. The molecule has 0 aliphatic carbocycles. The molecule has 2 heterocycles. The number of para-hydroxylation sites is 1. The lowest BCUT2D eigenvalue weighted by molar-refractivity contribution is -0.384. The minimum atomic E-state index is -3.94. The Morgan fingerprint density at radius 3 is 2.47 bits per heavy atom. The monoisotopic (exact) mass is 427 g/mol. The highest BCUT2D eigenvalue weighted by Gasteiger charge is 2.27. The second-order valence-electron chi connectivity index (χ2n) is 7.11. The minimum Gasteiger partial charge on any atom is -0.366 e. The molecule has 1 aliphatic rings. The molecule has 156 valence electrons. The lowest BCUT2D eigenvalue weighted by Crippen LogP contribution is -2.34. The van der Waals surface area contributed by atoms with Gasteiger partial charge in [0, 0.05) is 43.3 Å². The predicted molar refractivity (Wildman–Crippen MR) is 113 cm³/mol. The highest BCUT2D eigenvalue weighted by Crippen LogP contribution is 2.34. The Morgan fingerprint density at radius 1 is 1.10 bits per heavy atom. The van der Waals surface area contributed by atoms with Gasteiger partial charge in [0.1, 0.15) is 5.69 Å². The fourth-order valence-electron chi connectivity index (χ4n) is 3.69. The molecule has 0 spiro atoms. The fraction of sp³-hybridized carbons (Fsp3) is 0.250. The third-order valence-electron chi connectivity index (χ3n) is 5.23. The van der Waals surface area contributed by atoms with Crippen LogP contribution in [0.3, 0.4) is 0 Å². The average molecular weight is 427 g/mol. The van der Waals surface area contributed by atoms with Crippen molar-refractivity contribution in [2.24, 2.45) is 0 Å². The zero-order valence-electron chi connectivity index (χ0n) is 16.1. The zero-order valence-corrected chi connectivity index (χ0v) is 16.9. The van der Waals surface area contributed by atoms with Gasteiger partial charge in [-0.05, 0) is 37.1 Å². The van der Waals surface area contributed by atoms with Crippen molar-refractivity contribution in [3.8, 4) is 0 Å². The molecule has 0 atom stereocenters. The molecular formula is C20H21N5O4S. The lowest BCUT2D eigenvalue weighted by atomic mass is 10.0. The smallest absolute Gasteiger partial charge is 0.293 e. The summed E-state index contributed by atoms with van der Waals surface area (Å²) in [5.74, 6) is 0. The summed E-state index contributed by atoms with van der Waals surface area (Å²) in [6.07, 6.45) is 7.08. The number of piperidine rings is 1. The molecule has 10 heteroatoms. The van der Waals surface area contributed by atoms with Gasteiger partial charge in [-0.15, -0.1) is 0 Å². The van der Waals surface area contributed by atoms with E-state index in [0.717, 1.165) is 18.9 Å². The Bertz CT molecular complexity index is 1130. The summed E-state index contributed by atoms with van der Waals surface area (Å²) in [7, 11) is -3.94. The summed E-state index contributed by atoms with van der Waals surface area (Å²) < 4.78 is 29.9. The first-order valence-electron chi connectivity index (χ1n) is 9.53. The zero-order chi connectivity index (χ0) is 21.1. The van der Waals surface area contributed by atoms with E-state index < -0.39 is 14.9 Å². The number of aromatic nitrogens is 2. The molecule has 0 radical (unpaired) electrons. The van der Waals surface area contributed by atoms with Crippen LogP contribution in [0.4, 0.5) is 17.1 Å². The summed E-state index contributed by atoms with van der Waals surface area (Å²) in [5.41, 5.74) is 0.612. The molecule has 1 N–H and O–H groups in total. The van der Waals surface area contributed by atoms with E-state index in [9.17, 15) is 18.5 Å². The number of nitrogens with zero attached hydrogens (tertiary/aromatic N) is 4. The van der Waals surface area contributed by atoms with Gasteiger partial charge in [-0.1, -0.05) is 18.2 Å². The van der Waals surface area contributed by atoms with Gasteiger partial charge in [0.15, 0.2) is 0 Å². The maximum Gasteiger partial charge on any atom is 0.293 e. The third-order valence-corrected chi connectivity index (χ3v) is 6.61.